The fourth-order valence-corrected chi connectivity index (χ4v) is 2.72. The van der Waals surface area contributed by atoms with E-state index in [1.807, 2.05) is 31.2 Å². The van der Waals surface area contributed by atoms with Crippen LogP contribution in [-0.4, -0.2) is 29.7 Å². The molecule has 1 heterocycles. The first-order valence-corrected chi connectivity index (χ1v) is 8.02. The number of carboxylic acid groups (broad SMARTS) is 1. The van der Waals surface area contributed by atoms with Crippen molar-refractivity contribution >= 4 is 11.9 Å². The van der Waals surface area contributed by atoms with Gasteiger partial charge < -0.3 is 19.9 Å². The van der Waals surface area contributed by atoms with Crippen LogP contribution in [0.15, 0.2) is 48.5 Å². The lowest BCUT2D eigenvalue weighted by atomic mass is 10.1. The van der Waals surface area contributed by atoms with E-state index in [9.17, 15) is 9.59 Å². The highest BCUT2D eigenvalue weighted by atomic mass is 16.5. The minimum Gasteiger partial charge on any atom is -0.482 e. The first kappa shape index (κ1) is 16.8. The second-order valence-corrected chi connectivity index (χ2v) is 5.90. The van der Waals surface area contributed by atoms with Crippen LogP contribution in [0.1, 0.15) is 24.1 Å². The van der Waals surface area contributed by atoms with Crippen molar-refractivity contribution in [1.29, 1.82) is 0 Å². The third-order valence-electron chi connectivity index (χ3n) is 4.04. The van der Waals surface area contributed by atoms with E-state index >= 15 is 0 Å². The molecule has 2 aromatic rings. The summed E-state index contributed by atoms with van der Waals surface area (Å²) in [5.41, 5.74) is 1.93. The van der Waals surface area contributed by atoms with Crippen molar-refractivity contribution < 1.29 is 24.2 Å². The standard InChI is InChI=1S/C19H19NO5/c1-12(13-6-8-15(9-7-13)24-11-18(21)22)20-19(23)17-10-14-4-2-3-5-16(14)25-17/h2-9,12,17H,10-11H2,1H3,(H,20,23)(H,21,22). The molecule has 2 unspecified atom stereocenters. The van der Waals surface area contributed by atoms with Gasteiger partial charge in [0.15, 0.2) is 12.7 Å². The summed E-state index contributed by atoms with van der Waals surface area (Å²) >= 11 is 0. The Labute approximate surface area is 145 Å². The number of hydrogen-bond donors (Lipinski definition) is 2. The van der Waals surface area contributed by atoms with Gasteiger partial charge in [-0.2, -0.15) is 0 Å². The number of benzene rings is 2. The number of para-hydroxylation sites is 1. The normalized spacial score (nSPS) is 16.4. The zero-order valence-electron chi connectivity index (χ0n) is 13.8. The van der Waals surface area contributed by atoms with Crippen molar-refractivity contribution in [3.05, 3.63) is 59.7 Å². The summed E-state index contributed by atoms with van der Waals surface area (Å²) in [5.74, 6) is 0.0478. The second-order valence-electron chi connectivity index (χ2n) is 5.90. The lowest BCUT2D eigenvalue weighted by Crippen LogP contribution is -2.38. The summed E-state index contributed by atoms with van der Waals surface area (Å²) in [6.07, 6.45) is 0.0504. The predicted octanol–water partition coefficient (Wildman–Crippen LogP) is 2.33. The zero-order valence-corrected chi connectivity index (χ0v) is 13.8. The Hall–Kier alpha value is -3.02. The van der Waals surface area contributed by atoms with Gasteiger partial charge in [0.25, 0.3) is 5.91 Å². The van der Waals surface area contributed by atoms with Crippen LogP contribution in [0.3, 0.4) is 0 Å². The number of ether oxygens (including phenoxy) is 2. The fourth-order valence-electron chi connectivity index (χ4n) is 2.72. The average molecular weight is 341 g/mol. The van der Waals surface area contributed by atoms with E-state index in [2.05, 4.69) is 5.32 Å². The molecule has 0 bridgehead atoms. The number of carbonyl (C=O) groups is 2. The third kappa shape index (κ3) is 4.09. The van der Waals surface area contributed by atoms with Crippen molar-refractivity contribution in [1.82, 2.24) is 5.32 Å². The van der Waals surface area contributed by atoms with Crippen molar-refractivity contribution in [3.63, 3.8) is 0 Å². The Bertz CT molecular complexity index is 747. The number of nitrogens with one attached hydrogen (secondary N) is 1. The Kier molecular flexibility index (Phi) is 4.88. The van der Waals surface area contributed by atoms with Crippen LogP contribution < -0.4 is 14.8 Å². The monoisotopic (exact) mass is 341 g/mol. The number of carboxylic acids is 1. The number of fused-ring (bicyclic) bond motifs is 1. The van der Waals surface area contributed by atoms with E-state index in [-0.39, 0.29) is 18.6 Å². The van der Waals surface area contributed by atoms with Gasteiger partial charge in [-0.15, -0.1) is 0 Å². The van der Waals surface area contributed by atoms with Crippen molar-refractivity contribution in [3.8, 4) is 11.5 Å². The molecule has 6 nitrogen and oxygen atoms in total. The van der Waals surface area contributed by atoms with Crippen LogP contribution in [-0.2, 0) is 16.0 Å². The van der Waals surface area contributed by atoms with Gasteiger partial charge in [0.1, 0.15) is 11.5 Å². The molecule has 0 saturated heterocycles. The van der Waals surface area contributed by atoms with Crippen LogP contribution >= 0.6 is 0 Å². The molecule has 6 heteroatoms. The fraction of sp³-hybridized carbons (Fsp3) is 0.263. The largest absolute Gasteiger partial charge is 0.482 e. The quantitative estimate of drug-likeness (QED) is 0.842. The molecular formula is C19H19NO5. The van der Waals surface area contributed by atoms with Gasteiger partial charge in [-0.25, -0.2) is 4.79 Å². The molecule has 1 aliphatic rings. The van der Waals surface area contributed by atoms with Gasteiger partial charge in [-0.3, -0.25) is 4.79 Å². The maximum absolute atomic E-state index is 12.4. The third-order valence-corrected chi connectivity index (χ3v) is 4.04. The number of hydrogen-bond acceptors (Lipinski definition) is 4. The molecule has 0 fully saturated rings. The average Bonchev–Trinajstić information content (AvgIpc) is 3.04. The lowest BCUT2D eigenvalue weighted by molar-refractivity contribution is -0.139. The topological polar surface area (TPSA) is 84.9 Å². The second kappa shape index (κ2) is 7.25. The molecule has 0 saturated carbocycles. The Morgan fingerprint density at radius 3 is 2.64 bits per heavy atom. The van der Waals surface area contributed by atoms with Gasteiger partial charge in [-0.1, -0.05) is 30.3 Å². The number of amides is 1. The van der Waals surface area contributed by atoms with E-state index < -0.39 is 12.1 Å². The molecule has 1 aliphatic heterocycles. The van der Waals surface area contributed by atoms with Crippen LogP contribution in [0, 0.1) is 0 Å². The molecule has 1 amide bonds. The molecule has 3 rings (SSSR count). The van der Waals surface area contributed by atoms with Gasteiger partial charge in [0.2, 0.25) is 0 Å². The summed E-state index contributed by atoms with van der Waals surface area (Å²) in [4.78, 5) is 22.9. The summed E-state index contributed by atoms with van der Waals surface area (Å²) in [7, 11) is 0. The highest BCUT2D eigenvalue weighted by Crippen LogP contribution is 2.28. The summed E-state index contributed by atoms with van der Waals surface area (Å²) in [5, 5.41) is 11.5. The Morgan fingerprint density at radius 2 is 1.96 bits per heavy atom. The predicted molar refractivity (Wildman–Crippen MR) is 90.7 cm³/mol. The van der Waals surface area contributed by atoms with Gasteiger partial charge in [0, 0.05) is 6.42 Å². The molecule has 0 spiro atoms. The smallest absolute Gasteiger partial charge is 0.341 e. The molecule has 2 atom stereocenters. The summed E-state index contributed by atoms with van der Waals surface area (Å²) < 4.78 is 10.8. The van der Waals surface area contributed by atoms with Crippen molar-refractivity contribution in [2.24, 2.45) is 0 Å². The van der Waals surface area contributed by atoms with Crippen molar-refractivity contribution in [2.75, 3.05) is 6.61 Å². The van der Waals surface area contributed by atoms with Crippen LogP contribution in [0.2, 0.25) is 0 Å². The Balaban J connectivity index is 1.56. The maximum atomic E-state index is 12.4. The van der Waals surface area contributed by atoms with E-state index in [4.69, 9.17) is 14.6 Å². The first-order valence-electron chi connectivity index (χ1n) is 8.02. The first-order chi connectivity index (χ1) is 12.0. The molecular weight excluding hydrogens is 322 g/mol. The lowest BCUT2D eigenvalue weighted by Gasteiger charge is -2.18. The van der Waals surface area contributed by atoms with Gasteiger partial charge >= 0.3 is 5.97 Å². The molecule has 0 radical (unpaired) electrons. The summed E-state index contributed by atoms with van der Waals surface area (Å²) in [6.45, 7) is 1.50. The minimum atomic E-state index is -1.03. The van der Waals surface area contributed by atoms with Crippen LogP contribution in [0.4, 0.5) is 0 Å². The van der Waals surface area contributed by atoms with Crippen LogP contribution in [0.25, 0.3) is 0 Å². The van der Waals surface area contributed by atoms with Crippen LogP contribution in [0.5, 0.6) is 11.5 Å². The number of rotatable bonds is 6. The van der Waals surface area contributed by atoms with E-state index in [0.29, 0.717) is 12.2 Å². The highest BCUT2D eigenvalue weighted by Gasteiger charge is 2.29. The summed E-state index contributed by atoms with van der Waals surface area (Å²) in [6, 6.07) is 14.4. The Morgan fingerprint density at radius 1 is 1.24 bits per heavy atom. The maximum Gasteiger partial charge on any atom is 0.341 e. The highest BCUT2D eigenvalue weighted by molar-refractivity contribution is 5.82. The van der Waals surface area contributed by atoms with Crippen molar-refractivity contribution in [2.45, 2.75) is 25.5 Å². The van der Waals surface area contributed by atoms with E-state index in [0.717, 1.165) is 16.9 Å². The molecule has 0 aromatic heterocycles. The van der Waals surface area contributed by atoms with Gasteiger partial charge in [-0.05, 0) is 36.2 Å². The number of aliphatic carboxylic acids is 1. The van der Waals surface area contributed by atoms with E-state index in [1.165, 1.54) is 0 Å². The van der Waals surface area contributed by atoms with Gasteiger partial charge in [0.05, 0.1) is 6.04 Å². The SMILES string of the molecule is CC(NC(=O)C1Cc2ccccc2O1)c1ccc(OCC(=O)O)cc1. The minimum absolute atomic E-state index is 0.157. The molecule has 0 aliphatic carbocycles. The molecule has 2 N–H and O–H groups in total. The van der Waals surface area contributed by atoms with E-state index in [1.54, 1.807) is 24.3 Å². The molecule has 130 valence electrons. The zero-order chi connectivity index (χ0) is 17.8. The molecule has 2 aromatic carbocycles. The molecule has 25 heavy (non-hydrogen) atoms. The number of carbonyl (C=O) groups excluding carboxylic acids is 1.